The number of hydrogen-bond donors (Lipinski definition) is 3. The van der Waals surface area contributed by atoms with Crippen LogP contribution < -0.4 is 11.1 Å². The fourth-order valence-corrected chi connectivity index (χ4v) is 1.83. The minimum atomic E-state index is -0.260. The van der Waals surface area contributed by atoms with Crippen LogP contribution in [0.2, 0.25) is 0 Å². The number of nitrogens with two attached hydrogens (primary N) is 1. The molecule has 1 heterocycles. The first-order valence-electron chi connectivity index (χ1n) is 5.14. The number of carbonyl (C=O) groups excluding carboxylic acids is 1. The Hall–Kier alpha value is -0.980. The Labute approximate surface area is 98.7 Å². The maximum atomic E-state index is 11.7. The van der Waals surface area contributed by atoms with Gasteiger partial charge in [-0.25, -0.2) is 4.98 Å². The van der Waals surface area contributed by atoms with Crippen molar-refractivity contribution in [1.82, 2.24) is 10.3 Å². The highest BCUT2D eigenvalue weighted by molar-refractivity contribution is 7.09. The molecule has 0 aliphatic carbocycles. The maximum Gasteiger partial charge on any atom is 0.271 e. The van der Waals surface area contributed by atoms with Crippen molar-refractivity contribution in [3.8, 4) is 0 Å². The lowest BCUT2D eigenvalue weighted by atomic mass is 10.1. The monoisotopic (exact) mass is 243 g/mol. The molecule has 0 saturated heterocycles. The van der Waals surface area contributed by atoms with Gasteiger partial charge in [-0.15, -0.1) is 11.3 Å². The summed E-state index contributed by atoms with van der Waals surface area (Å²) in [4.78, 5) is 15.8. The fourth-order valence-electron chi connectivity index (χ4n) is 1.17. The smallest absolute Gasteiger partial charge is 0.271 e. The van der Waals surface area contributed by atoms with Gasteiger partial charge in [-0.2, -0.15) is 0 Å². The number of aliphatic hydroxyl groups is 1. The Morgan fingerprint density at radius 3 is 2.81 bits per heavy atom. The van der Waals surface area contributed by atoms with E-state index >= 15 is 0 Å². The summed E-state index contributed by atoms with van der Waals surface area (Å²) >= 11 is 1.36. The summed E-state index contributed by atoms with van der Waals surface area (Å²) in [6.45, 7) is 4.14. The Bertz CT molecular complexity index is 352. The van der Waals surface area contributed by atoms with Gasteiger partial charge in [0.2, 0.25) is 0 Å². The van der Waals surface area contributed by atoms with Crippen LogP contribution in [0.3, 0.4) is 0 Å². The third-order valence-electron chi connectivity index (χ3n) is 2.28. The summed E-state index contributed by atoms with van der Waals surface area (Å²) in [5, 5.41) is 14.2. The van der Waals surface area contributed by atoms with E-state index in [1.54, 1.807) is 5.38 Å². The van der Waals surface area contributed by atoms with E-state index in [4.69, 9.17) is 10.8 Å². The summed E-state index contributed by atoms with van der Waals surface area (Å²) in [7, 11) is 0. The minimum Gasteiger partial charge on any atom is -0.394 e. The number of carbonyl (C=O) groups is 1. The first kappa shape index (κ1) is 13.1. The van der Waals surface area contributed by atoms with Crippen molar-refractivity contribution in [2.45, 2.75) is 26.4 Å². The Morgan fingerprint density at radius 1 is 1.69 bits per heavy atom. The van der Waals surface area contributed by atoms with E-state index in [1.165, 1.54) is 11.3 Å². The predicted octanol–water partition coefficient (Wildman–Crippen LogP) is 0.349. The van der Waals surface area contributed by atoms with Gasteiger partial charge in [0, 0.05) is 11.9 Å². The lowest BCUT2D eigenvalue weighted by Crippen LogP contribution is -2.41. The number of aromatic nitrogens is 1. The zero-order chi connectivity index (χ0) is 12.1. The molecule has 0 unspecified atom stereocenters. The van der Waals surface area contributed by atoms with E-state index in [0.717, 1.165) is 5.01 Å². The molecular formula is C10H17N3O2S. The largest absolute Gasteiger partial charge is 0.394 e. The van der Waals surface area contributed by atoms with E-state index in [9.17, 15) is 4.79 Å². The van der Waals surface area contributed by atoms with Crippen molar-refractivity contribution in [2.75, 3.05) is 6.61 Å². The second-order valence-electron chi connectivity index (χ2n) is 3.84. The van der Waals surface area contributed by atoms with Crippen molar-refractivity contribution in [2.24, 2.45) is 11.7 Å². The molecular weight excluding hydrogens is 226 g/mol. The summed E-state index contributed by atoms with van der Waals surface area (Å²) in [5.41, 5.74) is 5.78. The molecule has 16 heavy (non-hydrogen) atoms. The molecule has 4 N–H and O–H groups in total. The molecule has 0 spiro atoms. The van der Waals surface area contributed by atoms with Gasteiger partial charge in [0.05, 0.1) is 12.6 Å². The van der Waals surface area contributed by atoms with Crippen molar-refractivity contribution in [3.05, 3.63) is 16.1 Å². The molecule has 90 valence electrons. The van der Waals surface area contributed by atoms with Crippen LogP contribution in [0.4, 0.5) is 0 Å². The van der Waals surface area contributed by atoms with Crippen LogP contribution in [-0.4, -0.2) is 28.6 Å². The third-order valence-corrected chi connectivity index (χ3v) is 3.15. The normalized spacial score (nSPS) is 12.8. The SMILES string of the molecule is CC(C)[C@@H](CO)NC(=O)c1csc(CN)n1. The first-order chi connectivity index (χ1) is 7.58. The highest BCUT2D eigenvalue weighted by Crippen LogP contribution is 2.09. The zero-order valence-corrected chi connectivity index (χ0v) is 10.3. The van der Waals surface area contributed by atoms with Crippen LogP contribution in [0.5, 0.6) is 0 Å². The topological polar surface area (TPSA) is 88.2 Å². The molecule has 1 rings (SSSR count). The molecule has 0 aromatic carbocycles. The van der Waals surface area contributed by atoms with Gasteiger partial charge in [-0.05, 0) is 5.92 Å². The van der Waals surface area contributed by atoms with E-state index < -0.39 is 0 Å². The van der Waals surface area contributed by atoms with Crippen LogP contribution in [0.25, 0.3) is 0 Å². The molecule has 0 saturated carbocycles. The van der Waals surface area contributed by atoms with Crippen LogP contribution in [0.15, 0.2) is 5.38 Å². The van der Waals surface area contributed by atoms with E-state index in [-0.39, 0.29) is 24.5 Å². The molecule has 1 aromatic rings. The zero-order valence-electron chi connectivity index (χ0n) is 9.43. The Morgan fingerprint density at radius 2 is 2.38 bits per heavy atom. The quantitative estimate of drug-likeness (QED) is 0.696. The van der Waals surface area contributed by atoms with E-state index in [0.29, 0.717) is 12.2 Å². The molecule has 6 heteroatoms. The van der Waals surface area contributed by atoms with Crippen LogP contribution >= 0.6 is 11.3 Å². The molecule has 1 aromatic heterocycles. The van der Waals surface area contributed by atoms with E-state index in [1.807, 2.05) is 13.8 Å². The van der Waals surface area contributed by atoms with Gasteiger partial charge in [0.1, 0.15) is 10.7 Å². The number of rotatable bonds is 5. The number of aliphatic hydroxyl groups excluding tert-OH is 1. The van der Waals surface area contributed by atoms with Gasteiger partial charge in [0.15, 0.2) is 0 Å². The minimum absolute atomic E-state index is 0.0721. The van der Waals surface area contributed by atoms with Gasteiger partial charge in [0.25, 0.3) is 5.91 Å². The average molecular weight is 243 g/mol. The molecule has 5 nitrogen and oxygen atoms in total. The van der Waals surface area contributed by atoms with Gasteiger partial charge in [-0.1, -0.05) is 13.8 Å². The predicted molar refractivity (Wildman–Crippen MR) is 63.2 cm³/mol. The average Bonchev–Trinajstić information content (AvgIpc) is 2.73. The van der Waals surface area contributed by atoms with Gasteiger partial charge >= 0.3 is 0 Å². The number of nitrogens with zero attached hydrogens (tertiary/aromatic N) is 1. The van der Waals surface area contributed by atoms with Crippen molar-refractivity contribution in [3.63, 3.8) is 0 Å². The third kappa shape index (κ3) is 3.26. The van der Waals surface area contributed by atoms with Gasteiger partial charge in [-0.3, -0.25) is 4.79 Å². The Kier molecular flexibility index (Phi) is 4.85. The van der Waals surface area contributed by atoms with Crippen molar-refractivity contribution < 1.29 is 9.90 Å². The molecule has 1 amide bonds. The highest BCUT2D eigenvalue weighted by atomic mass is 32.1. The van der Waals surface area contributed by atoms with Gasteiger partial charge < -0.3 is 16.2 Å². The number of nitrogens with one attached hydrogen (secondary N) is 1. The number of thiazole rings is 1. The fraction of sp³-hybridized carbons (Fsp3) is 0.600. The highest BCUT2D eigenvalue weighted by Gasteiger charge is 2.17. The van der Waals surface area contributed by atoms with Crippen molar-refractivity contribution in [1.29, 1.82) is 0 Å². The molecule has 0 fully saturated rings. The first-order valence-corrected chi connectivity index (χ1v) is 6.02. The Balaban J connectivity index is 2.64. The van der Waals surface area contributed by atoms with Crippen LogP contribution in [0, 0.1) is 5.92 Å². The second-order valence-corrected chi connectivity index (χ2v) is 4.78. The molecule has 0 aliphatic rings. The van der Waals surface area contributed by atoms with Crippen LogP contribution in [-0.2, 0) is 6.54 Å². The number of hydrogen-bond acceptors (Lipinski definition) is 5. The summed E-state index contributed by atoms with van der Waals surface area (Å²) in [6, 6.07) is -0.240. The van der Waals surface area contributed by atoms with Crippen molar-refractivity contribution >= 4 is 17.2 Å². The number of amides is 1. The molecule has 0 aliphatic heterocycles. The standard InChI is InChI=1S/C10H17N3O2S/c1-6(2)7(4-14)13-10(15)8-5-16-9(3-11)12-8/h5-7,14H,3-4,11H2,1-2H3,(H,13,15)/t7-/m1/s1. The lowest BCUT2D eigenvalue weighted by molar-refractivity contribution is 0.0892. The van der Waals surface area contributed by atoms with E-state index in [2.05, 4.69) is 10.3 Å². The summed E-state index contributed by atoms with van der Waals surface area (Å²) < 4.78 is 0. The summed E-state index contributed by atoms with van der Waals surface area (Å²) in [6.07, 6.45) is 0. The molecule has 0 radical (unpaired) electrons. The van der Waals surface area contributed by atoms with Crippen LogP contribution in [0.1, 0.15) is 29.3 Å². The maximum absolute atomic E-state index is 11.7. The second kappa shape index (κ2) is 5.93. The lowest BCUT2D eigenvalue weighted by Gasteiger charge is -2.19. The summed E-state index contributed by atoms with van der Waals surface area (Å²) in [5.74, 6) is -0.0785. The molecule has 0 bridgehead atoms. The molecule has 1 atom stereocenters.